The van der Waals surface area contributed by atoms with Crippen LogP contribution < -0.4 is 0 Å². The van der Waals surface area contributed by atoms with Gasteiger partial charge < -0.3 is 43.4 Å². The Hall–Kier alpha value is -2.81. The molecule has 2 N–H and O–H groups in total. The van der Waals surface area contributed by atoms with Gasteiger partial charge in [-0.15, -0.1) is 0 Å². The predicted octanol–water partition coefficient (Wildman–Crippen LogP) is 3.25. The Morgan fingerprint density at radius 2 is 1.44 bits per heavy atom. The van der Waals surface area contributed by atoms with Gasteiger partial charge in [-0.1, -0.05) is 20.8 Å². The normalized spacial score (nSPS) is 43.1. The minimum Gasteiger partial charge on any atom is -0.469 e. The average Bonchev–Trinajstić information content (AvgIpc) is 3.44. The van der Waals surface area contributed by atoms with Gasteiger partial charge in [-0.05, 0) is 97.7 Å². The van der Waals surface area contributed by atoms with Gasteiger partial charge in [-0.2, -0.15) is 0 Å². The second-order valence-electron chi connectivity index (χ2n) is 16.4. The van der Waals surface area contributed by atoms with E-state index in [1.54, 1.807) is 0 Å². The van der Waals surface area contributed by atoms with E-state index in [4.69, 9.17) is 33.2 Å². The van der Waals surface area contributed by atoms with Crippen LogP contribution in [0.2, 0.25) is 0 Å². The topological polar surface area (TPSA) is 190 Å². The summed E-state index contributed by atoms with van der Waals surface area (Å²) in [4.78, 5) is 61.4. The summed E-state index contributed by atoms with van der Waals surface area (Å²) in [5, 5.41) is 23.9. The van der Waals surface area contributed by atoms with Gasteiger partial charge in [0.1, 0.15) is 0 Å². The molecule has 16 atom stereocenters. The number of aliphatic hydroxyl groups excluding tert-OH is 2. The Balaban J connectivity index is 1.35. The molecule has 14 heteroatoms. The lowest BCUT2D eigenvalue weighted by Gasteiger charge is -2.63. The second-order valence-corrected chi connectivity index (χ2v) is 16.4. The van der Waals surface area contributed by atoms with Crippen LogP contribution >= 0.6 is 0 Å². The van der Waals surface area contributed by atoms with E-state index >= 15 is 0 Å². The fourth-order valence-electron chi connectivity index (χ4n) is 11.3. The van der Waals surface area contributed by atoms with Crippen LogP contribution in [0.25, 0.3) is 0 Å². The molecule has 0 aromatic rings. The molecule has 14 nitrogen and oxygen atoms in total. The highest BCUT2D eigenvalue weighted by Gasteiger charge is 2.66. The molecular weight excluding hydrogens is 680 g/mol. The number of fused-ring (bicyclic) bond motifs is 5. The first-order valence-corrected chi connectivity index (χ1v) is 18.8. The van der Waals surface area contributed by atoms with Crippen LogP contribution in [0.3, 0.4) is 0 Å². The van der Waals surface area contributed by atoms with Gasteiger partial charge in [-0.3, -0.25) is 19.2 Å². The molecule has 5 aliphatic rings. The van der Waals surface area contributed by atoms with Crippen LogP contribution in [0.4, 0.5) is 0 Å². The minimum atomic E-state index is -1.54. The number of hydrogen-bond acceptors (Lipinski definition) is 14. The highest BCUT2D eigenvalue weighted by atomic mass is 16.7. The minimum absolute atomic E-state index is 0.0282. The first kappa shape index (κ1) is 40.4. The Morgan fingerprint density at radius 1 is 0.808 bits per heavy atom. The Labute approximate surface area is 305 Å². The van der Waals surface area contributed by atoms with Crippen LogP contribution in [-0.4, -0.2) is 103 Å². The molecule has 5 fully saturated rings. The standard InChI is InChI=1S/C38H58O14/c1-18(9-12-29(44)46-7)24-10-11-25-30-26(17-28(43)38(24,25)6)37(5)14-13-23(15-22(37)16-27(30)42)51-36-34(50-21(4)41)32(49-20(3)40)31(48-19(2)39)33(52-36)35(45)47-8/h18,22-28,30-34,36,42-43H,9-17H2,1-8H3/t18-,22+,23-,24-,25+,26+,27-,28+,30+,31+,32?,33+,34-,36+,37+,38-/m1/s1. The highest BCUT2D eigenvalue weighted by molar-refractivity contribution is 5.77. The van der Waals surface area contributed by atoms with Gasteiger partial charge in [0.2, 0.25) is 0 Å². The van der Waals surface area contributed by atoms with Gasteiger partial charge in [0.15, 0.2) is 30.7 Å². The number of aliphatic hydroxyl groups is 2. The van der Waals surface area contributed by atoms with Crippen LogP contribution in [0, 0.1) is 46.3 Å². The van der Waals surface area contributed by atoms with Gasteiger partial charge in [0.25, 0.3) is 0 Å². The number of ether oxygens (including phenoxy) is 7. The molecule has 1 heterocycles. The number of hydrogen-bond donors (Lipinski definition) is 2. The molecule has 5 rings (SSSR count). The van der Waals surface area contributed by atoms with Gasteiger partial charge in [0.05, 0.1) is 32.5 Å². The Morgan fingerprint density at radius 3 is 2.06 bits per heavy atom. The molecule has 294 valence electrons. The van der Waals surface area contributed by atoms with Crippen molar-refractivity contribution >= 4 is 29.8 Å². The van der Waals surface area contributed by atoms with Crippen molar-refractivity contribution in [1.29, 1.82) is 0 Å². The van der Waals surface area contributed by atoms with Crippen LogP contribution in [0.15, 0.2) is 0 Å². The number of esters is 5. The van der Waals surface area contributed by atoms with E-state index in [2.05, 4.69) is 20.8 Å². The van der Waals surface area contributed by atoms with E-state index in [0.717, 1.165) is 40.2 Å². The summed E-state index contributed by atoms with van der Waals surface area (Å²) in [6.45, 7) is 10.0. The zero-order valence-electron chi connectivity index (χ0n) is 31.7. The maximum absolute atomic E-state index is 12.9. The Bertz CT molecular complexity index is 1350. The summed E-state index contributed by atoms with van der Waals surface area (Å²) in [5.41, 5.74) is -0.567. The van der Waals surface area contributed by atoms with Gasteiger partial charge in [0, 0.05) is 27.2 Å². The molecular formula is C38H58O14. The highest BCUT2D eigenvalue weighted by Crippen LogP contribution is 2.68. The molecule has 0 amide bonds. The fourth-order valence-corrected chi connectivity index (χ4v) is 11.3. The van der Waals surface area contributed by atoms with Gasteiger partial charge >= 0.3 is 29.8 Å². The predicted molar refractivity (Wildman–Crippen MR) is 181 cm³/mol. The molecule has 1 saturated heterocycles. The fraction of sp³-hybridized carbons (Fsp3) is 0.868. The third-order valence-corrected chi connectivity index (χ3v) is 13.7. The van der Waals surface area contributed by atoms with Crippen molar-refractivity contribution in [2.75, 3.05) is 14.2 Å². The van der Waals surface area contributed by atoms with Crippen LogP contribution in [0.1, 0.15) is 99.3 Å². The zero-order chi connectivity index (χ0) is 38.3. The van der Waals surface area contributed by atoms with Crippen LogP contribution in [0.5, 0.6) is 0 Å². The van der Waals surface area contributed by atoms with Crippen molar-refractivity contribution < 1.29 is 67.3 Å². The maximum atomic E-state index is 12.9. The van der Waals surface area contributed by atoms with Gasteiger partial charge in [-0.25, -0.2) is 4.79 Å². The summed E-state index contributed by atoms with van der Waals surface area (Å²) in [6, 6.07) is 0. The van der Waals surface area contributed by atoms with E-state index in [0.29, 0.717) is 38.5 Å². The monoisotopic (exact) mass is 738 g/mol. The van der Waals surface area contributed by atoms with E-state index < -0.39 is 72.9 Å². The molecule has 1 unspecified atom stereocenters. The molecule has 4 aliphatic carbocycles. The van der Waals surface area contributed by atoms with Crippen LogP contribution in [-0.2, 0) is 57.1 Å². The van der Waals surface area contributed by atoms with E-state index in [9.17, 15) is 34.2 Å². The molecule has 4 saturated carbocycles. The third kappa shape index (κ3) is 7.59. The maximum Gasteiger partial charge on any atom is 0.339 e. The summed E-state index contributed by atoms with van der Waals surface area (Å²) >= 11 is 0. The summed E-state index contributed by atoms with van der Waals surface area (Å²) in [7, 11) is 2.53. The molecule has 1 aliphatic heterocycles. The van der Waals surface area contributed by atoms with Crippen molar-refractivity contribution in [2.24, 2.45) is 46.3 Å². The van der Waals surface area contributed by atoms with Crippen molar-refractivity contribution in [1.82, 2.24) is 0 Å². The zero-order valence-corrected chi connectivity index (χ0v) is 31.7. The smallest absolute Gasteiger partial charge is 0.339 e. The second kappa shape index (κ2) is 15.9. The van der Waals surface area contributed by atoms with E-state index in [1.165, 1.54) is 14.0 Å². The quantitative estimate of drug-likeness (QED) is 0.189. The molecule has 0 spiro atoms. The van der Waals surface area contributed by atoms with E-state index in [-0.39, 0.29) is 52.3 Å². The largest absolute Gasteiger partial charge is 0.469 e. The number of rotatable bonds is 10. The first-order chi connectivity index (χ1) is 24.5. The molecule has 0 bridgehead atoms. The molecule has 0 aromatic carbocycles. The molecule has 0 aromatic heterocycles. The van der Waals surface area contributed by atoms with Crippen molar-refractivity contribution in [3.8, 4) is 0 Å². The summed E-state index contributed by atoms with van der Waals surface area (Å²) in [5.74, 6) is -2.67. The summed E-state index contributed by atoms with van der Waals surface area (Å²) in [6.07, 6.45) is -2.92. The number of carbonyl (C=O) groups is 5. The summed E-state index contributed by atoms with van der Waals surface area (Å²) < 4.78 is 38.8. The van der Waals surface area contributed by atoms with Crippen molar-refractivity contribution in [3.05, 3.63) is 0 Å². The lowest BCUT2D eigenvalue weighted by Crippen LogP contribution is -2.65. The Kier molecular flexibility index (Phi) is 12.3. The lowest BCUT2D eigenvalue weighted by molar-refractivity contribution is -0.316. The SMILES string of the molecule is COC(=O)CC[C@@H](C)[C@H]1CC[C@H]2[C@@H]3[C@H](O)C[C@@H]4C[C@H](O[C@H]5O[C@H](C(=O)OC)[C@@H](OC(C)=O)C(OC(C)=O)[C@H]5OC(C)=O)CC[C@]4(C)[C@H]3C[C@H](O)[C@]12C. The average molecular weight is 739 g/mol. The van der Waals surface area contributed by atoms with Crippen molar-refractivity contribution in [3.63, 3.8) is 0 Å². The first-order valence-electron chi connectivity index (χ1n) is 18.8. The molecule has 0 radical (unpaired) electrons. The van der Waals surface area contributed by atoms with Crippen molar-refractivity contribution in [2.45, 2.75) is 148 Å². The number of methoxy groups -OCH3 is 2. The molecule has 52 heavy (non-hydrogen) atoms. The lowest BCUT2D eigenvalue weighted by atomic mass is 9.43. The number of carbonyl (C=O) groups excluding carboxylic acids is 5. The van der Waals surface area contributed by atoms with E-state index in [1.807, 2.05) is 0 Å². The third-order valence-electron chi connectivity index (χ3n) is 13.7.